The predicted molar refractivity (Wildman–Crippen MR) is 83.8 cm³/mol. The maximum atomic E-state index is 12.2. The second-order valence-electron chi connectivity index (χ2n) is 6.71. The van der Waals surface area contributed by atoms with Crippen LogP contribution in [0.15, 0.2) is 6.07 Å². The fraction of sp³-hybridized carbons (Fsp3) is 0.750. The van der Waals surface area contributed by atoms with Crippen LogP contribution in [-0.2, 0) is 11.3 Å². The van der Waals surface area contributed by atoms with Gasteiger partial charge in [0, 0.05) is 43.9 Å². The first-order chi connectivity index (χ1) is 10.6. The maximum absolute atomic E-state index is 12.2. The lowest BCUT2D eigenvalue weighted by atomic mass is 9.87. The lowest BCUT2D eigenvalue weighted by molar-refractivity contribution is 0.152. The van der Waals surface area contributed by atoms with Crippen LogP contribution in [0.3, 0.4) is 0 Å². The average Bonchev–Trinajstić information content (AvgIpc) is 3.19. The van der Waals surface area contributed by atoms with E-state index in [1.165, 1.54) is 5.69 Å². The molecule has 122 valence electrons. The van der Waals surface area contributed by atoms with E-state index in [2.05, 4.69) is 23.4 Å². The van der Waals surface area contributed by atoms with Crippen molar-refractivity contribution in [2.24, 2.45) is 5.41 Å². The number of amides is 2. The van der Waals surface area contributed by atoms with Crippen molar-refractivity contribution in [2.75, 3.05) is 32.8 Å². The molecule has 0 saturated carbocycles. The number of rotatable bonds is 4. The zero-order valence-corrected chi connectivity index (χ0v) is 13.6. The number of aromatic nitrogens is 2. The van der Waals surface area contributed by atoms with Gasteiger partial charge in [-0.05, 0) is 39.2 Å². The molecule has 0 aliphatic carbocycles. The van der Waals surface area contributed by atoms with Crippen LogP contribution in [0.1, 0.15) is 30.7 Å². The monoisotopic (exact) mass is 306 g/mol. The van der Waals surface area contributed by atoms with E-state index in [1.807, 2.05) is 16.5 Å². The van der Waals surface area contributed by atoms with Gasteiger partial charge < -0.3 is 15.0 Å². The molecule has 1 N–H and O–H groups in total. The third-order valence-electron chi connectivity index (χ3n) is 4.84. The van der Waals surface area contributed by atoms with Gasteiger partial charge in [-0.1, -0.05) is 0 Å². The van der Waals surface area contributed by atoms with Gasteiger partial charge in [-0.2, -0.15) is 5.10 Å². The fourth-order valence-corrected chi connectivity index (χ4v) is 3.52. The highest BCUT2D eigenvalue weighted by Crippen LogP contribution is 2.37. The van der Waals surface area contributed by atoms with E-state index in [4.69, 9.17) is 4.74 Å². The normalized spacial score (nSPS) is 24.4. The summed E-state index contributed by atoms with van der Waals surface area (Å²) in [5.41, 5.74) is 2.45. The fourth-order valence-electron chi connectivity index (χ4n) is 3.52. The first kappa shape index (κ1) is 15.3. The molecule has 1 spiro atoms. The van der Waals surface area contributed by atoms with Crippen LogP contribution < -0.4 is 5.32 Å². The molecule has 2 saturated heterocycles. The first-order valence-corrected chi connectivity index (χ1v) is 8.20. The van der Waals surface area contributed by atoms with Gasteiger partial charge in [-0.3, -0.25) is 4.68 Å². The predicted octanol–water partition coefficient (Wildman–Crippen LogP) is 1.71. The molecule has 0 aromatic carbocycles. The van der Waals surface area contributed by atoms with E-state index >= 15 is 0 Å². The van der Waals surface area contributed by atoms with Crippen LogP contribution in [0.25, 0.3) is 0 Å². The molecular weight excluding hydrogens is 280 g/mol. The van der Waals surface area contributed by atoms with Gasteiger partial charge in [0.25, 0.3) is 0 Å². The van der Waals surface area contributed by atoms with Crippen LogP contribution in [0.4, 0.5) is 4.79 Å². The lowest BCUT2D eigenvalue weighted by Gasteiger charge is -2.22. The Bertz CT molecular complexity index is 534. The molecule has 22 heavy (non-hydrogen) atoms. The molecule has 1 aromatic rings. The van der Waals surface area contributed by atoms with Crippen LogP contribution in [0.5, 0.6) is 0 Å². The molecule has 1 aromatic heterocycles. The van der Waals surface area contributed by atoms with Gasteiger partial charge >= 0.3 is 6.03 Å². The Labute approximate surface area is 131 Å². The summed E-state index contributed by atoms with van der Waals surface area (Å²) in [7, 11) is 0. The molecule has 1 atom stereocenters. The minimum absolute atomic E-state index is 0.0668. The minimum atomic E-state index is 0.0668. The topological polar surface area (TPSA) is 59.4 Å². The van der Waals surface area contributed by atoms with E-state index in [9.17, 15) is 4.79 Å². The molecule has 0 radical (unpaired) electrons. The highest BCUT2D eigenvalue weighted by molar-refractivity contribution is 5.74. The molecule has 2 aliphatic heterocycles. The van der Waals surface area contributed by atoms with E-state index in [0.29, 0.717) is 6.54 Å². The van der Waals surface area contributed by atoms with E-state index in [-0.39, 0.29) is 11.4 Å². The second kappa shape index (κ2) is 6.28. The summed E-state index contributed by atoms with van der Waals surface area (Å²) >= 11 is 0. The number of nitrogens with one attached hydrogen (secondary N) is 1. The molecular formula is C16H26N4O2. The Hall–Kier alpha value is -1.56. The summed E-state index contributed by atoms with van der Waals surface area (Å²) in [5, 5.41) is 7.46. The number of carbonyl (C=O) groups excluding carboxylic acids is 1. The quantitative estimate of drug-likeness (QED) is 0.862. The van der Waals surface area contributed by atoms with Gasteiger partial charge in [-0.15, -0.1) is 0 Å². The Balaban J connectivity index is 1.39. The van der Waals surface area contributed by atoms with Crippen molar-refractivity contribution in [1.82, 2.24) is 20.0 Å². The molecule has 0 bridgehead atoms. The Morgan fingerprint density at radius 2 is 2.32 bits per heavy atom. The van der Waals surface area contributed by atoms with Crippen molar-refractivity contribution in [3.8, 4) is 0 Å². The summed E-state index contributed by atoms with van der Waals surface area (Å²) in [4.78, 5) is 14.2. The molecule has 3 heterocycles. The number of urea groups is 1. The van der Waals surface area contributed by atoms with Crippen LogP contribution in [0, 0.1) is 19.3 Å². The maximum Gasteiger partial charge on any atom is 0.317 e. The molecule has 3 rings (SSSR count). The number of carbonyl (C=O) groups is 1. The third-order valence-corrected chi connectivity index (χ3v) is 4.84. The van der Waals surface area contributed by atoms with Crippen molar-refractivity contribution in [2.45, 2.75) is 39.7 Å². The Morgan fingerprint density at radius 3 is 3.00 bits per heavy atom. The summed E-state index contributed by atoms with van der Waals surface area (Å²) in [6, 6.07) is 2.14. The third kappa shape index (κ3) is 3.27. The smallest absolute Gasteiger partial charge is 0.317 e. The number of hydrogen-bond acceptors (Lipinski definition) is 3. The van der Waals surface area contributed by atoms with Crippen molar-refractivity contribution in [3.05, 3.63) is 17.5 Å². The second-order valence-corrected chi connectivity index (χ2v) is 6.71. The van der Waals surface area contributed by atoms with E-state index < -0.39 is 0 Å². The number of likely N-dealkylation sites (tertiary alicyclic amines) is 1. The van der Waals surface area contributed by atoms with Gasteiger partial charge in [0.05, 0.1) is 12.3 Å². The molecule has 0 unspecified atom stereocenters. The SMILES string of the molecule is Cc1cc(C)n(CCCNC(=O)N2CC[C@]3(CCOC3)C2)n1. The van der Waals surface area contributed by atoms with Crippen LogP contribution in [-0.4, -0.2) is 53.6 Å². The highest BCUT2D eigenvalue weighted by atomic mass is 16.5. The van der Waals surface area contributed by atoms with E-state index in [0.717, 1.165) is 57.8 Å². The van der Waals surface area contributed by atoms with Crippen molar-refractivity contribution in [3.63, 3.8) is 0 Å². The Morgan fingerprint density at radius 1 is 1.45 bits per heavy atom. The van der Waals surface area contributed by atoms with Crippen molar-refractivity contribution >= 4 is 6.03 Å². The van der Waals surface area contributed by atoms with Crippen molar-refractivity contribution < 1.29 is 9.53 Å². The van der Waals surface area contributed by atoms with Crippen molar-refractivity contribution in [1.29, 1.82) is 0 Å². The summed E-state index contributed by atoms with van der Waals surface area (Å²) in [5.74, 6) is 0. The van der Waals surface area contributed by atoms with Gasteiger partial charge in [-0.25, -0.2) is 4.79 Å². The number of ether oxygens (including phenoxy) is 1. The zero-order valence-electron chi connectivity index (χ0n) is 13.6. The zero-order chi connectivity index (χ0) is 15.6. The van der Waals surface area contributed by atoms with Gasteiger partial charge in [0.2, 0.25) is 0 Å². The number of nitrogens with zero attached hydrogens (tertiary/aromatic N) is 3. The van der Waals surface area contributed by atoms with Crippen LogP contribution in [0.2, 0.25) is 0 Å². The minimum Gasteiger partial charge on any atom is -0.381 e. The number of aryl methyl sites for hydroxylation is 3. The summed E-state index contributed by atoms with van der Waals surface area (Å²) in [6.07, 6.45) is 3.07. The highest BCUT2D eigenvalue weighted by Gasteiger charge is 2.42. The largest absolute Gasteiger partial charge is 0.381 e. The first-order valence-electron chi connectivity index (χ1n) is 8.20. The molecule has 2 fully saturated rings. The number of hydrogen-bond donors (Lipinski definition) is 1. The molecule has 6 heteroatoms. The van der Waals surface area contributed by atoms with Gasteiger partial charge in [0.15, 0.2) is 0 Å². The summed E-state index contributed by atoms with van der Waals surface area (Å²) < 4.78 is 7.51. The summed E-state index contributed by atoms with van der Waals surface area (Å²) in [6.45, 7) is 8.96. The molecule has 2 aliphatic rings. The standard InChI is InChI=1S/C16H26N4O2/c1-13-10-14(2)20(18-13)7-3-6-17-15(21)19-8-4-16(11-19)5-9-22-12-16/h10H,3-9,11-12H2,1-2H3,(H,17,21)/t16-/m0/s1. The Kier molecular flexibility index (Phi) is 4.38. The van der Waals surface area contributed by atoms with E-state index in [1.54, 1.807) is 0 Å². The molecule has 2 amide bonds. The molecule has 6 nitrogen and oxygen atoms in total. The van der Waals surface area contributed by atoms with Gasteiger partial charge in [0.1, 0.15) is 0 Å². The van der Waals surface area contributed by atoms with Crippen LogP contribution >= 0.6 is 0 Å². The lowest BCUT2D eigenvalue weighted by Crippen LogP contribution is -2.40. The average molecular weight is 306 g/mol.